The summed E-state index contributed by atoms with van der Waals surface area (Å²) in [6.07, 6.45) is -3.22. The molecule has 1 aromatic heterocycles. The Labute approximate surface area is 112 Å². The molecule has 8 heteroatoms. The molecular weight excluding hydrogens is 275 g/mol. The second-order valence-electron chi connectivity index (χ2n) is 4.28. The van der Waals surface area contributed by atoms with Crippen LogP contribution in [0.2, 0.25) is 0 Å². The van der Waals surface area contributed by atoms with E-state index in [2.05, 4.69) is 0 Å². The molecule has 108 valence electrons. The smallest absolute Gasteiger partial charge is 0.335 e. The molecule has 0 fully saturated rings. The fraction of sp³-hybridized carbons (Fsp3) is 0.417. The van der Waals surface area contributed by atoms with Gasteiger partial charge in [-0.1, -0.05) is 0 Å². The lowest BCUT2D eigenvalue weighted by Gasteiger charge is -2.19. The summed E-state index contributed by atoms with van der Waals surface area (Å²) < 4.78 is 37.4. The molecule has 0 aromatic carbocycles. The van der Waals surface area contributed by atoms with Crippen molar-refractivity contribution >= 4 is 5.91 Å². The SMILES string of the molecule is Cc1ccn(CC(=O)N(C)CC(F)(F)F)c(=O)c1C#N. The van der Waals surface area contributed by atoms with Gasteiger partial charge in [0.05, 0.1) is 0 Å². The minimum Gasteiger partial charge on any atom is -0.335 e. The Kier molecular flexibility index (Phi) is 4.55. The van der Waals surface area contributed by atoms with Crippen LogP contribution in [0, 0.1) is 18.3 Å². The van der Waals surface area contributed by atoms with Crippen LogP contribution in [0.15, 0.2) is 17.1 Å². The van der Waals surface area contributed by atoms with Crippen LogP contribution in [0.25, 0.3) is 0 Å². The van der Waals surface area contributed by atoms with E-state index in [0.717, 1.165) is 11.6 Å². The number of carbonyl (C=O) groups is 1. The number of alkyl halides is 3. The monoisotopic (exact) mass is 287 g/mol. The molecule has 1 aromatic rings. The Morgan fingerprint density at radius 3 is 2.60 bits per heavy atom. The van der Waals surface area contributed by atoms with Gasteiger partial charge in [-0.05, 0) is 18.6 Å². The Morgan fingerprint density at radius 1 is 1.50 bits per heavy atom. The molecule has 1 rings (SSSR count). The Bertz CT molecular complexity index is 614. The largest absolute Gasteiger partial charge is 0.406 e. The Balaban J connectivity index is 2.93. The van der Waals surface area contributed by atoms with E-state index < -0.39 is 30.7 Å². The van der Waals surface area contributed by atoms with Gasteiger partial charge < -0.3 is 9.47 Å². The number of aromatic nitrogens is 1. The van der Waals surface area contributed by atoms with Gasteiger partial charge in [0, 0.05) is 13.2 Å². The van der Waals surface area contributed by atoms with Crippen molar-refractivity contribution in [3.63, 3.8) is 0 Å². The number of hydrogen-bond acceptors (Lipinski definition) is 3. The lowest BCUT2D eigenvalue weighted by atomic mass is 10.2. The van der Waals surface area contributed by atoms with Crippen LogP contribution in [0.4, 0.5) is 13.2 Å². The first-order valence-corrected chi connectivity index (χ1v) is 5.56. The average molecular weight is 287 g/mol. The van der Waals surface area contributed by atoms with Gasteiger partial charge in [-0.3, -0.25) is 9.59 Å². The molecule has 0 bridgehead atoms. The first kappa shape index (κ1) is 15.8. The summed E-state index contributed by atoms with van der Waals surface area (Å²) in [6, 6.07) is 3.16. The second kappa shape index (κ2) is 5.77. The van der Waals surface area contributed by atoms with Gasteiger partial charge in [0.1, 0.15) is 24.7 Å². The summed E-state index contributed by atoms with van der Waals surface area (Å²) in [5.41, 5.74) is -0.370. The van der Waals surface area contributed by atoms with E-state index in [9.17, 15) is 22.8 Å². The van der Waals surface area contributed by atoms with Gasteiger partial charge in [-0.15, -0.1) is 0 Å². The number of rotatable bonds is 3. The quantitative estimate of drug-likeness (QED) is 0.834. The van der Waals surface area contributed by atoms with Crippen molar-refractivity contribution in [2.75, 3.05) is 13.6 Å². The maximum absolute atomic E-state index is 12.2. The molecule has 0 aliphatic rings. The van der Waals surface area contributed by atoms with E-state index in [0.29, 0.717) is 10.5 Å². The predicted octanol–water partition coefficient (Wildman–Crippen LogP) is 1.05. The van der Waals surface area contributed by atoms with Crippen LogP contribution < -0.4 is 5.56 Å². The second-order valence-corrected chi connectivity index (χ2v) is 4.28. The number of pyridine rings is 1. The molecule has 0 radical (unpaired) electrons. The van der Waals surface area contributed by atoms with Gasteiger partial charge in [-0.25, -0.2) is 0 Å². The van der Waals surface area contributed by atoms with Crippen LogP contribution in [-0.4, -0.2) is 35.1 Å². The number of carbonyl (C=O) groups excluding carboxylic acids is 1. The number of hydrogen-bond donors (Lipinski definition) is 0. The highest BCUT2D eigenvalue weighted by atomic mass is 19.4. The van der Waals surface area contributed by atoms with E-state index in [1.807, 2.05) is 0 Å². The summed E-state index contributed by atoms with van der Waals surface area (Å²) in [4.78, 5) is 23.9. The van der Waals surface area contributed by atoms with E-state index in [1.165, 1.54) is 12.3 Å². The molecule has 20 heavy (non-hydrogen) atoms. The van der Waals surface area contributed by atoms with Crippen molar-refractivity contribution in [3.8, 4) is 6.07 Å². The number of halogens is 3. The minimum absolute atomic E-state index is 0.126. The van der Waals surface area contributed by atoms with E-state index in [-0.39, 0.29) is 5.56 Å². The summed E-state index contributed by atoms with van der Waals surface area (Å²) >= 11 is 0. The fourth-order valence-electron chi connectivity index (χ4n) is 1.55. The van der Waals surface area contributed by atoms with E-state index in [1.54, 1.807) is 13.0 Å². The van der Waals surface area contributed by atoms with Gasteiger partial charge in [0.2, 0.25) is 5.91 Å². The minimum atomic E-state index is -4.50. The van der Waals surface area contributed by atoms with Crippen LogP contribution in [0.5, 0.6) is 0 Å². The van der Waals surface area contributed by atoms with Crippen molar-refractivity contribution in [3.05, 3.63) is 33.7 Å². The average Bonchev–Trinajstić information content (AvgIpc) is 2.31. The van der Waals surface area contributed by atoms with E-state index in [4.69, 9.17) is 5.26 Å². The van der Waals surface area contributed by atoms with Gasteiger partial charge in [0.15, 0.2) is 0 Å². The van der Waals surface area contributed by atoms with Crippen molar-refractivity contribution in [1.29, 1.82) is 5.26 Å². The molecule has 0 unspecified atom stereocenters. The number of nitrogens with zero attached hydrogens (tertiary/aromatic N) is 3. The molecule has 0 atom stereocenters. The number of nitriles is 1. The van der Waals surface area contributed by atoms with Gasteiger partial charge >= 0.3 is 6.18 Å². The Morgan fingerprint density at radius 2 is 2.10 bits per heavy atom. The molecule has 0 spiro atoms. The topological polar surface area (TPSA) is 66.1 Å². The zero-order valence-corrected chi connectivity index (χ0v) is 10.9. The third-order valence-corrected chi connectivity index (χ3v) is 2.63. The van der Waals surface area contributed by atoms with E-state index >= 15 is 0 Å². The van der Waals surface area contributed by atoms with Crippen LogP contribution in [0.3, 0.4) is 0 Å². The zero-order chi connectivity index (χ0) is 15.5. The van der Waals surface area contributed by atoms with Gasteiger partial charge in [-0.2, -0.15) is 18.4 Å². The summed E-state index contributed by atoms with van der Waals surface area (Å²) in [6.45, 7) is -0.375. The summed E-state index contributed by atoms with van der Waals surface area (Å²) in [7, 11) is 1.00. The summed E-state index contributed by atoms with van der Waals surface area (Å²) in [5, 5.41) is 8.81. The normalized spacial score (nSPS) is 11.0. The molecule has 0 aliphatic heterocycles. The third kappa shape index (κ3) is 3.85. The standard InChI is InChI=1S/C12H12F3N3O2/c1-8-3-4-18(11(20)9(8)5-16)6-10(19)17(2)7-12(13,14)15/h3-4H,6-7H2,1-2H3. The third-order valence-electron chi connectivity index (χ3n) is 2.63. The molecular formula is C12H12F3N3O2. The van der Waals surface area contributed by atoms with Crippen molar-refractivity contribution in [2.24, 2.45) is 0 Å². The lowest BCUT2D eigenvalue weighted by Crippen LogP contribution is -2.39. The van der Waals surface area contributed by atoms with Crippen LogP contribution in [0.1, 0.15) is 11.1 Å². The molecule has 0 saturated carbocycles. The maximum Gasteiger partial charge on any atom is 0.406 e. The van der Waals surface area contributed by atoms with Crippen LogP contribution in [-0.2, 0) is 11.3 Å². The fourth-order valence-corrected chi connectivity index (χ4v) is 1.55. The zero-order valence-electron chi connectivity index (χ0n) is 10.9. The maximum atomic E-state index is 12.2. The highest BCUT2D eigenvalue weighted by molar-refractivity contribution is 5.75. The first-order valence-electron chi connectivity index (χ1n) is 5.56. The molecule has 1 heterocycles. The Hall–Kier alpha value is -2.30. The first-order chi connectivity index (χ1) is 9.15. The molecule has 0 saturated heterocycles. The summed E-state index contributed by atoms with van der Waals surface area (Å²) in [5.74, 6) is -0.864. The highest BCUT2D eigenvalue weighted by Crippen LogP contribution is 2.15. The predicted molar refractivity (Wildman–Crippen MR) is 63.8 cm³/mol. The van der Waals surface area contributed by atoms with Gasteiger partial charge in [0.25, 0.3) is 5.56 Å². The molecule has 0 aliphatic carbocycles. The van der Waals surface area contributed by atoms with Crippen molar-refractivity contribution in [2.45, 2.75) is 19.6 Å². The highest BCUT2D eigenvalue weighted by Gasteiger charge is 2.31. The number of likely N-dealkylation sites (N-methyl/N-ethyl adjacent to an activating group) is 1. The molecule has 1 amide bonds. The number of amides is 1. The number of aryl methyl sites for hydroxylation is 1. The van der Waals surface area contributed by atoms with Crippen LogP contribution >= 0.6 is 0 Å². The van der Waals surface area contributed by atoms with Crippen molar-refractivity contribution in [1.82, 2.24) is 9.47 Å². The molecule has 5 nitrogen and oxygen atoms in total. The molecule has 0 N–H and O–H groups in total. The lowest BCUT2D eigenvalue weighted by molar-refractivity contribution is -0.158. The van der Waals surface area contributed by atoms with Crippen molar-refractivity contribution < 1.29 is 18.0 Å².